The smallest absolute Gasteiger partial charge is 0.191 e. The monoisotopic (exact) mass is 372 g/mol. The van der Waals surface area contributed by atoms with Crippen LogP contribution >= 0.6 is 11.3 Å². The largest absolute Gasteiger partial charge is 0.357 e. The quantitative estimate of drug-likeness (QED) is 0.578. The van der Waals surface area contributed by atoms with Crippen LogP contribution in [-0.2, 0) is 19.5 Å². The molecular formula is C19H28N6S. The molecule has 140 valence electrons. The van der Waals surface area contributed by atoms with Crippen molar-refractivity contribution in [1.29, 1.82) is 0 Å². The lowest BCUT2D eigenvalue weighted by Crippen LogP contribution is -2.36. The lowest BCUT2D eigenvalue weighted by molar-refractivity contribution is 0.811. The summed E-state index contributed by atoms with van der Waals surface area (Å²) in [5, 5.41) is 7.77. The summed E-state index contributed by atoms with van der Waals surface area (Å²) in [6.07, 6.45) is 7.40. The van der Waals surface area contributed by atoms with Crippen LogP contribution in [-0.4, -0.2) is 35.6 Å². The fraction of sp³-hybridized carbons (Fsp3) is 0.526. The first-order chi connectivity index (χ1) is 12.8. The Bertz CT molecular complexity index is 720. The van der Waals surface area contributed by atoms with E-state index in [1.807, 2.05) is 18.5 Å². The van der Waals surface area contributed by atoms with Gasteiger partial charge in [-0.15, -0.1) is 11.3 Å². The molecule has 3 rings (SSSR count). The van der Waals surface area contributed by atoms with E-state index < -0.39 is 0 Å². The molecule has 1 saturated heterocycles. The van der Waals surface area contributed by atoms with Gasteiger partial charge in [-0.2, -0.15) is 0 Å². The molecule has 0 aliphatic carbocycles. The third-order valence-electron chi connectivity index (χ3n) is 4.36. The van der Waals surface area contributed by atoms with E-state index in [0.29, 0.717) is 13.1 Å². The summed E-state index contributed by atoms with van der Waals surface area (Å²) in [7, 11) is 0. The Balaban J connectivity index is 1.60. The van der Waals surface area contributed by atoms with E-state index in [1.165, 1.54) is 23.3 Å². The summed E-state index contributed by atoms with van der Waals surface area (Å²) < 4.78 is 0. The van der Waals surface area contributed by atoms with E-state index >= 15 is 0 Å². The first-order valence-electron chi connectivity index (χ1n) is 9.44. The fourth-order valence-electron chi connectivity index (χ4n) is 2.94. The van der Waals surface area contributed by atoms with Gasteiger partial charge in [-0.25, -0.2) is 15.0 Å². The van der Waals surface area contributed by atoms with Crippen LogP contribution in [0.5, 0.6) is 0 Å². The SMILES string of the molecule is CCNC(=NCc1ccnc(N2CCCC2)c1)NCc1ncc(CC)s1. The summed E-state index contributed by atoms with van der Waals surface area (Å²) >= 11 is 1.75. The predicted molar refractivity (Wildman–Crippen MR) is 109 cm³/mol. The van der Waals surface area contributed by atoms with Gasteiger partial charge in [0.2, 0.25) is 0 Å². The Hall–Kier alpha value is -2.15. The van der Waals surface area contributed by atoms with E-state index in [2.05, 4.69) is 45.4 Å². The van der Waals surface area contributed by atoms with Gasteiger partial charge in [-0.3, -0.25) is 0 Å². The highest BCUT2D eigenvalue weighted by molar-refractivity contribution is 7.11. The maximum Gasteiger partial charge on any atom is 0.191 e. The zero-order chi connectivity index (χ0) is 18.2. The van der Waals surface area contributed by atoms with Crippen molar-refractivity contribution in [1.82, 2.24) is 20.6 Å². The van der Waals surface area contributed by atoms with Gasteiger partial charge < -0.3 is 15.5 Å². The molecule has 7 heteroatoms. The summed E-state index contributed by atoms with van der Waals surface area (Å²) in [4.78, 5) is 17.3. The Kier molecular flexibility index (Phi) is 6.82. The highest BCUT2D eigenvalue weighted by Crippen LogP contribution is 2.18. The molecule has 0 saturated carbocycles. The molecule has 0 amide bonds. The molecule has 1 aliphatic heterocycles. The second kappa shape index (κ2) is 9.52. The first-order valence-corrected chi connectivity index (χ1v) is 10.3. The molecule has 0 aromatic carbocycles. The first kappa shape index (κ1) is 18.6. The van der Waals surface area contributed by atoms with Gasteiger partial charge in [0.05, 0.1) is 13.1 Å². The average Bonchev–Trinajstić information content (AvgIpc) is 3.36. The van der Waals surface area contributed by atoms with Gasteiger partial charge in [0.15, 0.2) is 5.96 Å². The van der Waals surface area contributed by atoms with E-state index in [-0.39, 0.29) is 0 Å². The number of rotatable bonds is 7. The number of aliphatic imine (C=N–C) groups is 1. The molecule has 0 bridgehead atoms. The standard InChI is InChI=1S/C19H28N6S/c1-3-16-13-22-18(26-16)14-24-19(20-4-2)23-12-15-7-8-21-17(11-15)25-9-5-6-10-25/h7-8,11,13H,3-6,9-10,12,14H2,1-2H3,(H2,20,23,24). The summed E-state index contributed by atoms with van der Waals surface area (Å²) in [5.41, 5.74) is 1.18. The van der Waals surface area contributed by atoms with E-state index in [4.69, 9.17) is 4.99 Å². The number of hydrogen-bond acceptors (Lipinski definition) is 5. The second-order valence-corrected chi connectivity index (χ2v) is 7.54. The maximum absolute atomic E-state index is 4.72. The Labute approximate surface area is 159 Å². The molecule has 1 aliphatic rings. The molecular weight excluding hydrogens is 344 g/mol. The number of aromatic nitrogens is 2. The lowest BCUT2D eigenvalue weighted by Gasteiger charge is -2.16. The number of guanidine groups is 1. The lowest BCUT2D eigenvalue weighted by atomic mass is 10.2. The van der Waals surface area contributed by atoms with Crippen molar-refractivity contribution in [2.75, 3.05) is 24.5 Å². The molecule has 0 unspecified atom stereocenters. The summed E-state index contributed by atoms with van der Waals surface area (Å²) in [5.74, 6) is 1.89. The van der Waals surface area contributed by atoms with Gasteiger partial charge >= 0.3 is 0 Å². The molecule has 0 atom stereocenters. The van der Waals surface area contributed by atoms with Crippen LogP contribution in [0.15, 0.2) is 29.5 Å². The van der Waals surface area contributed by atoms with Gasteiger partial charge in [0.1, 0.15) is 10.8 Å². The molecule has 2 aromatic heterocycles. The number of nitrogens with one attached hydrogen (secondary N) is 2. The average molecular weight is 373 g/mol. The topological polar surface area (TPSA) is 65.4 Å². The van der Waals surface area contributed by atoms with E-state index in [0.717, 1.165) is 42.8 Å². The van der Waals surface area contributed by atoms with Crippen molar-refractivity contribution in [2.45, 2.75) is 46.2 Å². The van der Waals surface area contributed by atoms with Crippen molar-refractivity contribution in [3.8, 4) is 0 Å². The van der Waals surface area contributed by atoms with Crippen LogP contribution < -0.4 is 15.5 Å². The molecule has 6 nitrogen and oxygen atoms in total. The minimum absolute atomic E-state index is 0.636. The fourth-order valence-corrected chi connectivity index (χ4v) is 3.74. The maximum atomic E-state index is 4.72. The van der Waals surface area contributed by atoms with Crippen LogP contribution in [0.25, 0.3) is 0 Å². The highest BCUT2D eigenvalue weighted by Gasteiger charge is 2.13. The molecule has 0 radical (unpaired) electrons. The number of anilines is 1. The predicted octanol–water partition coefficient (Wildman–Crippen LogP) is 2.96. The van der Waals surface area contributed by atoms with Gasteiger partial charge in [-0.1, -0.05) is 6.92 Å². The summed E-state index contributed by atoms with van der Waals surface area (Å²) in [6.45, 7) is 8.62. The molecule has 3 heterocycles. The molecule has 1 fully saturated rings. The van der Waals surface area contributed by atoms with Crippen molar-refractivity contribution in [2.24, 2.45) is 4.99 Å². The van der Waals surface area contributed by atoms with Crippen LogP contribution in [0, 0.1) is 0 Å². The Morgan fingerprint density at radius 3 is 2.81 bits per heavy atom. The number of nitrogens with zero attached hydrogens (tertiary/aromatic N) is 4. The minimum Gasteiger partial charge on any atom is -0.357 e. The van der Waals surface area contributed by atoms with Gasteiger partial charge in [0, 0.05) is 36.9 Å². The van der Waals surface area contributed by atoms with Crippen molar-refractivity contribution < 1.29 is 0 Å². The number of aryl methyl sites for hydroxylation is 1. The number of hydrogen-bond donors (Lipinski definition) is 2. The van der Waals surface area contributed by atoms with Crippen molar-refractivity contribution in [3.05, 3.63) is 40.0 Å². The van der Waals surface area contributed by atoms with Crippen LogP contribution in [0.4, 0.5) is 5.82 Å². The molecule has 2 aromatic rings. The Morgan fingerprint density at radius 2 is 2.08 bits per heavy atom. The van der Waals surface area contributed by atoms with Gasteiger partial charge in [0.25, 0.3) is 0 Å². The second-order valence-electron chi connectivity index (χ2n) is 6.34. The highest BCUT2D eigenvalue weighted by atomic mass is 32.1. The summed E-state index contributed by atoms with van der Waals surface area (Å²) in [6, 6.07) is 4.20. The van der Waals surface area contributed by atoms with Crippen LogP contribution in [0.3, 0.4) is 0 Å². The third-order valence-corrected chi connectivity index (χ3v) is 5.50. The number of pyridine rings is 1. The van der Waals surface area contributed by atoms with Crippen LogP contribution in [0.2, 0.25) is 0 Å². The van der Waals surface area contributed by atoms with Crippen molar-refractivity contribution >= 4 is 23.1 Å². The number of thiazole rings is 1. The molecule has 0 spiro atoms. The minimum atomic E-state index is 0.636. The molecule has 26 heavy (non-hydrogen) atoms. The Morgan fingerprint density at radius 1 is 1.23 bits per heavy atom. The third kappa shape index (κ3) is 5.17. The zero-order valence-corrected chi connectivity index (χ0v) is 16.5. The van der Waals surface area contributed by atoms with E-state index in [9.17, 15) is 0 Å². The molecule has 2 N–H and O–H groups in total. The normalized spacial score (nSPS) is 14.7. The van der Waals surface area contributed by atoms with Gasteiger partial charge in [-0.05, 0) is 43.9 Å². The van der Waals surface area contributed by atoms with Crippen molar-refractivity contribution in [3.63, 3.8) is 0 Å². The van der Waals surface area contributed by atoms with Crippen LogP contribution in [0.1, 0.15) is 42.1 Å². The van der Waals surface area contributed by atoms with E-state index in [1.54, 1.807) is 11.3 Å². The zero-order valence-electron chi connectivity index (χ0n) is 15.7.